The van der Waals surface area contributed by atoms with Gasteiger partial charge in [0.25, 0.3) is 5.56 Å². The molecule has 8 nitrogen and oxygen atoms in total. The van der Waals surface area contributed by atoms with Crippen molar-refractivity contribution < 1.29 is 19.0 Å². The normalized spacial score (nSPS) is 13.9. The van der Waals surface area contributed by atoms with Crippen molar-refractivity contribution in [1.82, 2.24) is 14.8 Å². The minimum Gasteiger partial charge on any atom is -0.457 e. The number of nitrogens with one attached hydrogen (secondary N) is 1. The number of nitrogens with zero attached hydrogens (tertiary/aromatic N) is 2. The average Bonchev–Trinajstić information content (AvgIpc) is 2.79. The summed E-state index contributed by atoms with van der Waals surface area (Å²) in [6, 6.07) is 17.1. The largest absolute Gasteiger partial charge is 0.457 e. The molecule has 1 fully saturated rings. The van der Waals surface area contributed by atoms with Crippen LogP contribution in [0, 0.1) is 0 Å². The topological polar surface area (TPSA) is 82.0 Å². The smallest absolute Gasteiger partial charge is 0.410 e. The van der Waals surface area contributed by atoms with Crippen molar-refractivity contribution in [3.05, 3.63) is 70.5 Å². The molecule has 1 aliphatic heterocycles. The summed E-state index contributed by atoms with van der Waals surface area (Å²) in [5.41, 5.74) is 0.516. The van der Waals surface area contributed by atoms with Crippen molar-refractivity contribution in [2.75, 3.05) is 26.3 Å². The van der Waals surface area contributed by atoms with E-state index in [1.54, 1.807) is 9.47 Å². The van der Waals surface area contributed by atoms with E-state index in [0.717, 1.165) is 16.7 Å². The van der Waals surface area contributed by atoms with E-state index in [1.165, 1.54) is 0 Å². The molecule has 2 heterocycles. The van der Waals surface area contributed by atoms with Crippen molar-refractivity contribution in [3.8, 4) is 11.5 Å². The molecule has 4 rings (SSSR count). The van der Waals surface area contributed by atoms with Gasteiger partial charge in [0.05, 0.1) is 24.7 Å². The molecule has 0 aliphatic carbocycles. The number of pyridine rings is 1. The van der Waals surface area contributed by atoms with E-state index < -0.39 is 11.7 Å². The molecule has 0 saturated carbocycles. The summed E-state index contributed by atoms with van der Waals surface area (Å²) < 4.78 is 18.9. The number of amides is 1. The van der Waals surface area contributed by atoms with Crippen molar-refractivity contribution in [2.24, 2.45) is 0 Å². The Morgan fingerprint density at radius 1 is 1.08 bits per heavy atom. The molecule has 0 bridgehead atoms. The fourth-order valence-corrected chi connectivity index (χ4v) is 4.08. The molecule has 1 aromatic heterocycles. The second-order valence-electron chi connectivity index (χ2n) is 9.88. The molecule has 192 valence electrons. The van der Waals surface area contributed by atoms with Crippen LogP contribution in [0.3, 0.4) is 0 Å². The number of ether oxygens (including phenoxy) is 3. The average molecular weight is 494 g/mol. The third-order valence-corrected chi connectivity index (χ3v) is 5.95. The van der Waals surface area contributed by atoms with Crippen LogP contribution >= 0.6 is 0 Å². The first-order valence-corrected chi connectivity index (χ1v) is 12.4. The standard InChI is InChI=1S/C28H35N3O5/c1-5-34-14-13-30-25-16-24(35-23-9-7-6-8-10-23)12-11-20(25)15-21(26(30)32)19-31(22-17-29-18-22)27(33)36-28(2,3)4/h6-12,15-16,22,29H,5,13-14,17-19H2,1-4H3. The number of carbonyl (C=O) groups is 1. The molecule has 1 N–H and O–H groups in total. The highest BCUT2D eigenvalue weighted by Crippen LogP contribution is 2.26. The van der Waals surface area contributed by atoms with E-state index >= 15 is 0 Å². The Kier molecular flexibility index (Phi) is 7.96. The molecule has 0 spiro atoms. The number of benzene rings is 2. The zero-order chi connectivity index (χ0) is 25.7. The van der Waals surface area contributed by atoms with Crippen LogP contribution in [0.5, 0.6) is 11.5 Å². The maximum atomic E-state index is 13.7. The first-order chi connectivity index (χ1) is 17.2. The van der Waals surface area contributed by atoms with Crippen molar-refractivity contribution >= 4 is 17.0 Å². The summed E-state index contributed by atoms with van der Waals surface area (Å²) in [6.45, 7) is 10.3. The molecule has 8 heteroatoms. The van der Waals surface area contributed by atoms with Crippen molar-refractivity contribution in [1.29, 1.82) is 0 Å². The molecule has 0 unspecified atom stereocenters. The lowest BCUT2D eigenvalue weighted by atomic mass is 10.1. The molecule has 0 radical (unpaired) electrons. The van der Waals surface area contributed by atoms with Crippen LogP contribution in [0.25, 0.3) is 10.9 Å². The Morgan fingerprint density at radius 3 is 2.47 bits per heavy atom. The number of fused-ring (bicyclic) bond motifs is 1. The maximum Gasteiger partial charge on any atom is 0.410 e. The van der Waals surface area contributed by atoms with Gasteiger partial charge in [0, 0.05) is 37.9 Å². The summed E-state index contributed by atoms with van der Waals surface area (Å²) in [5.74, 6) is 1.36. The second kappa shape index (κ2) is 11.1. The van der Waals surface area contributed by atoms with Gasteiger partial charge in [0.1, 0.15) is 17.1 Å². The van der Waals surface area contributed by atoms with Crippen LogP contribution in [0.4, 0.5) is 4.79 Å². The number of para-hydroxylation sites is 1. The highest BCUT2D eigenvalue weighted by molar-refractivity contribution is 5.81. The first kappa shape index (κ1) is 25.7. The molecule has 3 aromatic rings. The molecule has 2 aromatic carbocycles. The Hall–Kier alpha value is -3.36. The van der Waals surface area contributed by atoms with E-state index in [0.29, 0.717) is 44.2 Å². The van der Waals surface area contributed by atoms with Gasteiger partial charge in [0.2, 0.25) is 0 Å². The summed E-state index contributed by atoms with van der Waals surface area (Å²) in [4.78, 5) is 28.4. The molecule has 0 atom stereocenters. The van der Waals surface area contributed by atoms with E-state index in [-0.39, 0.29) is 18.1 Å². The Balaban J connectivity index is 1.70. The van der Waals surface area contributed by atoms with Crippen molar-refractivity contribution in [2.45, 2.75) is 52.4 Å². The van der Waals surface area contributed by atoms with Crippen molar-refractivity contribution in [3.63, 3.8) is 0 Å². The van der Waals surface area contributed by atoms with Gasteiger partial charge >= 0.3 is 6.09 Å². The summed E-state index contributed by atoms with van der Waals surface area (Å²) in [6.07, 6.45) is -0.416. The van der Waals surface area contributed by atoms with Gasteiger partial charge in [-0.05, 0) is 63.4 Å². The number of hydrogen-bond acceptors (Lipinski definition) is 6. The zero-order valence-electron chi connectivity index (χ0n) is 21.5. The third-order valence-electron chi connectivity index (χ3n) is 5.95. The minimum atomic E-state index is -0.622. The Labute approximate surface area is 211 Å². The lowest BCUT2D eigenvalue weighted by Gasteiger charge is -2.38. The van der Waals surface area contributed by atoms with Gasteiger partial charge in [-0.3, -0.25) is 9.69 Å². The minimum absolute atomic E-state index is 0.0199. The molecular weight excluding hydrogens is 458 g/mol. The Morgan fingerprint density at radius 2 is 1.83 bits per heavy atom. The van der Waals surface area contributed by atoms with Gasteiger partial charge in [-0.2, -0.15) is 0 Å². The zero-order valence-corrected chi connectivity index (χ0v) is 21.5. The first-order valence-electron chi connectivity index (χ1n) is 12.4. The predicted octanol–water partition coefficient (Wildman–Crippen LogP) is 4.54. The predicted molar refractivity (Wildman–Crippen MR) is 140 cm³/mol. The van der Waals surface area contributed by atoms with Crippen LogP contribution in [0.15, 0.2) is 59.4 Å². The highest BCUT2D eigenvalue weighted by Gasteiger charge is 2.32. The van der Waals surface area contributed by atoms with Gasteiger partial charge in [-0.25, -0.2) is 4.79 Å². The summed E-state index contributed by atoms with van der Waals surface area (Å²) in [7, 11) is 0. The molecular formula is C28H35N3O5. The number of aromatic nitrogens is 1. The van der Waals surface area contributed by atoms with Crippen LogP contribution in [-0.4, -0.2) is 53.5 Å². The second-order valence-corrected chi connectivity index (χ2v) is 9.88. The van der Waals surface area contributed by atoms with Gasteiger partial charge in [-0.15, -0.1) is 0 Å². The van der Waals surface area contributed by atoms with E-state index in [4.69, 9.17) is 14.2 Å². The van der Waals surface area contributed by atoms with E-state index in [1.807, 2.05) is 82.3 Å². The lowest BCUT2D eigenvalue weighted by Crippen LogP contribution is -2.59. The molecule has 36 heavy (non-hydrogen) atoms. The SMILES string of the molecule is CCOCCn1c(=O)c(CN(C(=O)OC(C)(C)C)C2CNC2)cc2ccc(Oc3ccccc3)cc21. The Bertz CT molecular complexity index is 1250. The number of rotatable bonds is 9. The van der Waals surface area contributed by atoms with Crippen LogP contribution in [0.1, 0.15) is 33.3 Å². The third kappa shape index (κ3) is 6.25. The van der Waals surface area contributed by atoms with Gasteiger partial charge in [-0.1, -0.05) is 18.2 Å². The molecule has 1 amide bonds. The van der Waals surface area contributed by atoms with Crippen LogP contribution < -0.4 is 15.6 Å². The van der Waals surface area contributed by atoms with Gasteiger partial charge < -0.3 is 24.1 Å². The molecule has 1 saturated heterocycles. The quantitative estimate of drug-likeness (QED) is 0.441. The fraction of sp³-hybridized carbons (Fsp3) is 0.429. The van der Waals surface area contributed by atoms with Crippen LogP contribution in [-0.2, 0) is 22.6 Å². The maximum absolute atomic E-state index is 13.7. The summed E-state index contributed by atoms with van der Waals surface area (Å²) in [5, 5.41) is 4.08. The van der Waals surface area contributed by atoms with E-state index in [9.17, 15) is 9.59 Å². The monoisotopic (exact) mass is 493 g/mol. The van der Waals surface area contributed by atoms with E-state index in [2.05, 4.69) is 5.32 Å². The van der Waals surface area contributed by atoms with Crippen LogP contribution in [0.2, 0.25) is 0 Å². The fourth-order valence-electron chi connectivity index (χ4n) is 4.08. The lowest BCUT2D eigenvalue weighted by molar-refractivity contribution is 0.00793. The number of carbonyl (C=O) groups excluding carboxylic acids is 1. The van der Waals surface area contributed by atoms with Gasteiger partial charge in [0.15, 0.2) is 0 Å². The molecule has 1 aliphatic rings. The highest BCUT2D eigenvalue weighted by atomic mass is 16.6. The summed E-state index contributed by atoms with van der Waals surface area (Å²) >= 11 is 0. The number of hydrogen-bond donors (Lipinski definition) is 1.